The first-order valence-electron chi connectivity index (χ1n) is 8.39. The average molecular weight is 321 g/mol. The normalized spacial score (nSPS) is 20.5. The smallest absolute Gasteiger partial charge is 0.165 e. The Morgan fingerprint density at radius 2 is 1.67 bits per heavy atom. The fraction of sp³-hybridized carbons (Fsp3) is 0.286. The highest BCUT2D eigenvalue weighted by atomic mass is 16.5. The van der Waals surface area contributed by atoms with Crippen LogP contribution in [0.1, 0.15) is 24.5 Å². The third kappa shape index (κ3) is 3.92. The van der Waals surface area contributed by atoms with Gasteiger partial charge in [-0.05, 0) is 24.5 Å². The Bertz CT molecular complexity index is 681. The van der Waals surface area contributed by atoms with E-state index in [1.807, 2.05) is 42.5 Å². The van der Waals surface area contributed by atoms with Crippen LogP contribution in [0.4, 0.5) is 0 Å². The fourth-order valence-corrected chi connectivity index (χ4v) is 3.10. The molecule has 2 aromatic carbocycles. The Morgan fingerprint density at radius 1 is 1.04 bits per heavy atom. The van der Waals surface area contributed by atoms with Crippen molar-refractivity contribution in [2.75, 3.05) is 0 Å². The van der Waals surface area contributed by atoms with Crippen LogP contribution in [0.3, 0.4) is 0 Å². The van der Waals surface area contributed by atoms with Crippen LogP contribution >= 0.6 is 0 Å². The molecule has 0 aromatic heterocycles. The lowest BCUT2D eigenvalue weighted by Crippen LogP contribution is -2.44. The molecule has 0 N–H and O–H groups in total. The molecule has 0 spiro atoms. The van der Waals surface area contributed by atoms with E-state index < -0.39 is 0 Å². The predicted molar refractivity (Wildman–Crippen MR) is 95.2 cm³/mol. The van der Waals surface area contributed by atoms with Crippen molar-refractivity contribution in [2.45, 2.75) is 38.6 Å². The molecule has 3 rings (SSSR count). The van der Waals surface area contributed by atoms with Crippen LogP contribution in [-0.2, 0) is 22.7 Å². The molecule has 124 valence electrons. The van der Waals surface area contributed by atoms with Gasteiger partial charge in [0.2, 0.25) is 0 Å². The summed E-state index contributed by atoms with van der Waals surface area (Å²) in [5.41, 5.74) is 3.12. The molecule has 0 saturated heterocycles. The lowest BCUT2D eigenvalue weighted by atomic mass is 10.00. The van der Waals surface area contributed by atoms with Crippen molar-refractivity contribution >= 4 is 6.29 Å². The van der Waals surface area contributed by atoms with Crippen molar-refractivity contribution in [3.05, 3.63) is 83.6 Å². The van der Waals surface area contributed by atoms with Gasteiger partial charge in [-0.3, -0.25) is 4.79 Å². The summed E-state index contributed by atoms with van der Waals surface area (Å²) in [7, 11) is 0. The minimum Gasteiger partial charge on any atom is -0.371 e. The molecule has 0 aliphatic carbocycles. The van der Waals surface area contributed by atoms with Crippen LogP contribution in [0.25, 0.3) is 0 Å². The van der Waals surface area contributed by atoms with Crippen LogP contribution in [0.2, 0.25) is 0 Å². The number of nitrogens with zero attached hydrogens (tertiary/aromatic N) is 1. The largest absolute Gasteiger partial charge is 0.371 e. The maximum atomic E-state index is 11.4. The van der Waals surface area contributed by atoms with Gasteiger partial charge >= 0.3 is 0 Å². The first-order chi connectivity index (χ1) is 11.8. The minimum absolute atomic E-state index is 0.0811. The number of carbonyl (C=O) groups is 1. The van der Waals surface area contributed by atoms with Crippen molar-refractivity contribution in [3.8, 4) is 0 Å². The monoisotopic (exact) mass is 321 g/mol. The molecule has 1 heterocycles. The topological polar surface area (TPSA) is 29.5 Å². The zero-order chi connectivity index (χ0) is 16.8. The van der Waals surface area contributed by atoms with Crippen LogP contribution in [-0.4, -0.2) is 23.3 Å². The van der Waals surface area contributed by atoms with E-state index in [9.17, 15) is 4.79 Å². The van der Waals surface area contributed by atoms with E-state index in [-0.39, 0.29) is 12.1 Å². The number of rotatable bonds is 6. The number of ether oxygens (including phenoxy) is 1. The highest BCUT2D eigenvalue weighted by Crippen LogP contribution is 2.25. The maximum Gasteiger partial charge on any atom is 0.165 e. The van der Waals surface area contributed by atoms with Crippen molar-refractivity contribution in [1.29, 1.82) is 0 Å². The molecule has 24 heavy (non-hydrogen) atoms. The summed E-state index contributed by atoms with van der Waals surface area (Å²) in [5, 5.41) is 0. The summed E-state index contributed by atoms with van der Waals surface area (Å²) in [6.07, 6.45) is 3.80. The van der Waals surface area contributed by atoms with Gasteiger partial charge in [-0.1, -0.05) is 66.7 Å². The van der Waals surface area contributed by atoms with Crippen molar-refractivity contribution < 1.29 is 9.53 Å². The molecule has 0 fully saturated rings. The molecule has 0 bridgehead atoms. The molecule has 0 saturated carbocycles. The summed E-state index contributed by atoms with van der Waals surface area (Å²) in [6.45, 7) is 3.45. The summed E-state index contributed by atoms with van der Waals surface area (Å²) in [5.74, 6) is 0. The molecule has 1 aliphatic heterocycles. The van der Waals surface area contributed by atoms with E-state index >= 15 is 0 Å². The average Bonchev–Trinajstić information content (AvgIpc) is 2.64. The molecule has 3 heteroatoms. The number of aldehydes is 1. The first kappa shape index (κ1) is 16.5. The van der Waals surface area contributed by atoms with Crippen LogP contribution < -0.4 is 0 Å². The van der Waals surface area contributed by atoms with Gasteiger partial charge in [-0.15, -0.1) is 0 Å². The summed E-state index contributed by atoms with van der Waals surface area (Å²) in [6, 6.07) is 20.6. The Hall–Kier alpha value is -2.39. The van der Waals surface area contributed by atoms with Crippen molar-refractivity contribution in [3.63, 3.8) is 0 Å². The van der Waals surface area contributed by atoms with E-state index in [1.165, 1.54) is 11.1 Å². The molecular weight excluding hydrogens is 298 g/mol. The highest BCUT2D eigenvalue weighted by Gasteiger charge is 2.29. The van der Waals surface area contributed by atoms with E-state index in [2.05, 4.69) is 36.1 Å². The second-order valence-corrected chi connectivity index (χ2v) is 6.17. The van der Waals surface area contributed by atoms with Crippen LogP contribution in [0.5, 0.6) is 0 Å². The van der Waals surface area contributed by atoms with Gasteiger partial charge in [0.25, 0.3) is 0 Å². The SMILES string of the molecule is C[C@H]1[C@@H](OCc2ccccc2)CC=C(C=O)N1Cc1ccccc1. The number of benzene rings is 2. The zero-order valence-electron chi connectivity index (χ0n) is 14.0. The first-order valence-corrected chi connectivity index (χ1v) is 8.39. The molecule has 2 atom stereocenters. The number of allylic oxidation sites excluding steroid dienone is 1. The quantitative estimate of drug-likeness (QED) is 0.755. The van der Waals surface area contributed by atoms with E-state index in [4.69, 9.17) is 4.74 Å². The molecule has 1 aliphatic rings. The standard InChI is InChI=1S/C21H23NO2/c1-17-21(24-16-19-10-6-3-7-11-19)13-12-20(15-23)22(17)14-18-8-4-2-5-9-18/h2-12,15,17,21H,13-14,16H2,1H3/t17-,21-/m0/s1. The maximum absolute atomic E-state index is 11.4. The van der Waals surface area contributed by atoms with E-state index in [0.29, 0.717) is 6.61 Å². The molecule has 3 nitrogen and oxygen atoms in total. The molecular formula is C21H23NO2. The molecule has 0 amide bonds. The Labute approximate surface area is 143 Å². The second kappa shape index (κ2) is 7.93. The minimum atomic E-state index is 0.0811. The van der Waals surface area contributed by atoms with Crippen molar-refractivity contribution in [1.82, 2.24) is 4.90 Å². The van der Waals surface area contributed by atoms with Gasteiger partial charge in [-0.25, -0.2) is 0 Å². The molecule has 0 unspecified atom stereocenters. The highest BCUT2D eigenvalue weighted by molar-refractivity contribution is 5.72. The molecule has 2 aromatic rings. The molecule has 0 radical (unpaired) electrons. The number of hydrogen-bond donors (Lipinski definition) is 0. The van der Waals surface area contributed by atoms with Crippen LogP contribution in [0.15, 0.2) is 72.4 Å². The van der Waals surface area contributed by atoms with E-state index in [1.54, 1.807) is 0 Å². The third-order valence-corrected chi connectivity index (χ3v) is 4.54. The Balaban J connectivity index is 1.69. The van der Waals surface area contributed by atoms with E-state index in [0.717, 1.165) is 24.9 Å². The lowest BCUT2D eigenvalue weighted by molar-refractivity contribution is -0.107. The fourth-order valence-electron chi connectivity index (χ4n) is 3.10. The summed E-state index contributed by atoms with van der Waals surface area (Å²) < 4.78 is 6.14. The number of hydrogen-bond acceptors (Lipinski definition) is 3. The number of carbonyl (C=O) groups excluding carboxylic acids is 1. The third-order valence-electron chi connectivity index (χ3n) is 4.54. The lowest BCUT2D eigenvalue weighted by Gasteiger charge is -2.39. The van der Waals surface area contributed by atoms with Gasteiger partial charge in [0.05, 0.1) is 24.4 Å². The van der Waals surface area contributed by atoms with Gasteiger partial charge in [0, 0.05) is 6.54 Å². The van der Waals surface area contributed by atoms with Crippen molar-refractivity contribution in [2.24, 2.45) is 0 Å². The predicted octanol–water partition coefficient (Wildman–Crippen LogP) is 3.95. The zero-order valence-corrected chi connectivity index (χ0v) is 14.0. The summed E-state index contributed by atoms with van der Waals surface area (Å²) >= 11 is 0. The Morgan fingerprint density at radius 3 is 2.29 bits per heavy atom. The van der Waals surface area contributed by atoms with Gasteiger partial charge in [-0.2, -0.15) is 0 Å². The van der Waals surface area contributed by atoms with Gasteiger partial charge < -0.3 is 9.64 Å². The van der Waals surface area contributed by atoms with Gasteiger partial charge in [0.1, 0.15) is 0 Å². The van der Waals surface area contributed by atoms with Gasteiger partial charge in [0.15, 0.2) is 6.29 Å². The Kier molecular flexibility index (Phi) is 5.44. The second-order valence-electron chi connectivity index (χ2n) is 6.17. The summed E-state index contributed by atoms with van der Waals surface area (Å²) in [4.78, 5) is 13.6. The van der Waals surface area contributed by atoms with Crippen LogP contribution in [0, 0.1) is 0 Å².